The van der Waals surface area contributed by atoms with Crippen LogP contribution in [0.4, 0.5) is 5.69 Å². The van der Waals surface area contributed by atoms with Crippen LogP contribution >= 0.6 is 0 Å². The lowest BCUT2D eigenvalue weighted by atomic mass is 10.0. The van der Waals surface area contributed by atoms with Crippen molar-refractivity contribution in [3.63, 3.8) is 0 Å². The van der Waals surface area contributed by atoms with Crippen LogP contribution in [0.1, 0.15) is 13.3 Å². The smallest absolute Gasteiger partial charge is 0.307 e. The van der Waals surface area contributed by atoms with Crippen molar-refractivity contribution in [2.24, 2.45) is 0 Å². The second kappa shape index (κ2) is 4.46. The maximum atomic E-state index is 10.9. The Hall–Kier alpha value is -2.23. The fraction of sp³-hybridized carbons (Fsp3) is 0.267. The molecule has 0 saturated heterocycles. The molecular formula is C15H15NO3. The van der Waals surface area contributed by atoms with Crippen LogP contribution in [0, 0.1) is 0 Å². The summed E-state index contributed by atoms with van der Waals surface area (Å²) in [5, 5.41) is 14.4. The lowest BCUT2D eigenvalue weighted by Gasteiger charge is -2.33. The molecule has 2 atom stereocenters. The monoisotopic (exact) mass is 257 g/mol. The number of benzene rings is 2. The minimum absolute atomic E-state index is 0.00315. The lowest BCUT2D eigenvalue weighted by molar-refractivity contribution is -0.139. The predicted octanol–water partition coefficient (Wildman–Crippen LogP) is 2.88. The number of rotatable bonds is 2. The van der Waals surface area contributed by atoms with Gasteiger partial charge in [-0.2, -0.15) is 0 Å². The van der Waals surface area contributed by atoms with Crippen LogP contribution < -0.4 is 10.1 Å². The Bertz CT molecular complexity index is 638. The van der Waals surface area contributed by atoms with E-state index >= 15 is 0 Å². The van der Waals surface area contributed by atoms with Crippen molar-refractivity contribution in [3.05, 3.63) is 36.4 Å². The third kappa shape index (κ3) is 2.10. The van der Waals surface area contributed by atoms with Gasteiger partial charge in [-0.05, 0) is 18.4 Å². The number of carboxylic acid groups (broad SMARTS) is 1. The first-order chi connectivity index (χ1) is 9.15. The van der Waals surface area contributed by atoms with Gasteiger partial charge in [0.1, 0.15) is 6.10 Å². The third-order valence-corrected chi connectivity index (χ3v) is 3.47. The normalized spacial score (nSPS) is 21.3. The number of ether oxygens (including phenoxy) is 1. The van der Waals surface area contributed by atoms with Crippen molar-refractivity contribution in [1.82, 2.24) is 0 Å². The standard InChI is InChI=1S/C15H15NO3/c1-9-13(8-14(17)18)19-15-11-5-3-2-4-10(11)6-7-12(15)16-9/h2-7,9,13,16H,8H2,1H3,(H,17,18). The second-order valence-electron chi connectivity index (χ2n) is 4.85. The van der Waals surface area contributed by atoms with Crippen molar-refractivity contribution in [2.75, 3.05) is 5.32 Å². The van der Waals surface area contributed by atoms with Gasteiger partial charge in [-0.1, -0.05) is 30.3 Å². The van der Waals surface area contributed by atoms with Crippen molar-refractivity contribution in [3.8, 4) is 5.75 Å². The molecule has 0 amide bonds. The summed E-state index contributed by atoms with van der Waals surface area (Å²) in [6.45, 7) is 1.94. The molecule has 3 rings (SSSR count). The molecule has 1 aliphatic rings. The summed E-state index contributed by atoms with van der Waals surface area (Å²) >= 11 is 0. The largest absolute Gasteiger partial charge is 0.485 e. The summed E-state index contributed by atoms with van der Waals surface area (Å²) in [5.74, 6) is -0.0928. The van der Waals surface area contributed by atoms with E-state index in [1.807, 2.05) is 43.3 Å². The van der Waals surface area contributed by atoms with Crippen LogP contribution in [0.15, 0.2) is 36.4 Å². The molecule has 0 spiro atoms. The van der Waals surface area contributed by atoms with Gasteiger partial charge in [-0.15, -0.1) is 0 Å². The molecule has 2 unspecified atom stereocenters. The molecule has 1 heterocycles. The van der Waals surface area contributed by atoms with Crippen LogP contribution in [0.3, 0.4) is 0 Å². The number of aliphatic carboxylic acids is 1. The first-order valence-corrected chi connectivity index (χ1v) is 6.32. The van der Waals surface area contributed by atoms with E-state index in [9.17, 15) is 4.79 Å². The van der Waals surface area contributed by atoms with E-state index in [0.717, 1.165) is 22.2 Å². The van der Waals surface area contributed by atoms with E-state index in [1.54, 1.807) is 0 Å². The van der Waals surface area contributed by atoms with Crippen molar-refractivity contribution in [1.29, 1.82) is 0 Å². The molecule has 0 fully saturated rings. The topological polar surface area (TPSA) is 58.6 Å². The van der Waals surface area contributed by atoms with Gasteiger partial charge < -0.3 is 15.2 Å². The van der Waals surface area contributed by atoms with Gasteiger partial charge in [0.15, 0.2) is 5.75 Å². The van der Waals surface area contributed by atoms with Crippen molar-refractivity contribution >= 4 is 22.4 Å². The molecule has 0 aromatic heterocycles. The van der Waals surface area contributed by atoms with Gasteiger partial charge in [-0.25, -0.2) is 0 Å². The zero-order valence-corrected chi connectivity index (χ0v) is 10.6. The number of hydrogen-bond donors (Lipinski definition) is 2. The minimum Gasteiger partial charge on any atom is -0.485 e. The summed E-state index contributed by atoms with van der Waals surface area (Å²) in [4.78, 5) is 10.9. The SMILES string of the molecule is CC1Nc2ccc3ccccc3c2OC1CC(=O)O. The van der Waals surface area contributed by atoms with Gasteiger partial charge >= 0.3 is 5.97 Å². The highest BCUT2D eigenvalue weighted by Gasteiger charge is 2.29. The average Bonchev–Trinajstić information content (AvgIpc) is 2.39. The quantitative estimate of drug-likeness (QED) is 0.868. The maximum Gasteiger partial charge on any atom is 0.307 e. The molecule has 4 heteroatoms. The van der Waals surface area contributed by atoms with Crippen LogP contribution in [-0.4, -0.2) is 23.2 Å². The fourth-order valence-corrected chi connectivity index (χ4v) is 2.47. The Balaban J connectivity index is 2.05. The number of anilines is 1. The van der Waals surface area contributed by atoms with Crippen LogP contribution in [-0.2, 0) is 4.79 Å². The van der Waals surface area contributed by atoms with Crippen molar-refractivity contribution in [2.45, 2.75) is 25.5 Å². The van der Waals surface area contributed by atoms with Gasteiger partial charge in [0, 0.05) is 5.39 Å². The predicted molar refractivity (Wildman–Crippen MR) is 73.7 cm³/mol. The molecule has 2 N–H and O–H groups in total. The van der Waals surface area contributed by atoms with Gasteiger partial charge in [0.05, 0.1) is 18.2 Å². The fourth-order valence-electron chi connectivity index (χ4n) is 2.47. The maximum absolute atomic E-state index is 10.9. The Kier molecular flexibility index (Phi) is 2.78. The summed E-state index contributed by atoms with van der Waals surface area (Å²) < 4.78 is 5.92. The van der Waals surface area contributed by atoms with Crippen LogP contribution in [0.25, 0.3) is 10.8 Å². The number of carbonyl (C=O) groups is 1. The third-order valence-electron chi connectivity index (χ3n) is 3.47. The highest BCUT2D eigenvalue weighted by molar-refractivity contribution is 5.94. The van der Waals surface area contributed by atoms with Gasteiger partial charge in [-0.3, -0.25) is 4.79 Å². The van der Waals surface area contributed by atoms with E-state index in [-0.39, 0.29) is 18.6 Å². The highest BCUT2D eigenvalue weighted by Crippen LogP contribution is 2.38. The number of nitrogens with one attached hydrogen (secondary N) is 1. The van der Waals surface area contributed by atoms with Gasteiger partial charge in [0.2, 0.25) is 0 Å². The lowest BCUT2D eigenvalue weighted by Crippen LogP contribution is -2.40. The molecule has 19 heavy (non-hydrogen) atoms. The first-order valence-electron chi connectivity index (χ1n) is 6.32. The van der Waals surface area contributed by atoms with E-state index in [2.05, 4.69) is 5.32 Å². The minimum atomic E-state index is -0.845. The molecule has 2 aromatic rings. The van der Waals surface area contributed by atoms with Crippen molar-refractivity contribution < 1.29 is 14.6 Å². The Morgan fingerprint density at radius 3 is 2.89 bits per heavy atom. The molecule has 0 bridgehead atoms. The van der Waals surface area contributed by atoms with Crippen LogP contribution in [0.2, 0.25) is 0 Å². The Morgan fingerprint density at radius 1 is 1.32 bits per heavy atom. The average molecular weight is 257 g/mol. The van der Waals surface area contributed by atoms with Gasteiger partial charge in [0.25, 0.3) is 0 Å². The zero-order chi connectivity index (χ0) is 13.4. The molecule has 0 aliphatic carbocycles. The molecule has 0 radical (unpaired) electrons. The van der Waals surface area contributed by atoms with E-state index in [1.165, 1.54) is 0 Å². The zero-order valence-electron chi connectivity index (χ0n) is 10.6. The molecule has 0 saturated carbocycles. The molecule has 2 aromatic carbocycles. The molecule has 98 valence electrons. The summed E-state index contributed by atoms with van der Waals surface area (Å²) in [6.07, 6.45) is -0.354. The van der Waals surface area contributed by atoms with E-state index < -0.39 is 5.97 Å². The van der Waals surface area contributed by atoms with Crippen LogP contribution in [0.5, 0.6) is 5.75 Å². The number of fused-ring (bicyclic) bond motifs is 3. The number of carboxylic acids is 1. The molecular weight excluding hydrogens is 242 g/mol. The summed E-state index contributed by atoms with van der Waals surface area (Å²) in [6, 6.07) is 11.9. The summed E-state index contributed by atoms with van der Waals surface area (Å²) in [7, 11) is 0. The molecule has 4 nitrogen and oxygen atoms in total. The highest BCUT2D eigenvalue weighted by atomic mass is 16.5. The molecule has 1 aliphatic heterocycles. The second-order valence-corrected chi connectivity index (χ2v) is 4.85. The Morgan fingerprint density at radius 2 is 2.11 bits per heavy atom. The van der Waals surface area contributed by atoms with E-state index in [0.29, 0.717) is 0 Å². The first kappa shape index (κ1) is 11.8. The van der Waals surface area contributed by atoms with E-state index in [4.69, 9.17) is 9.84 Å². The summed E-state index contributed by atoms with van der Waals surface area (Å²) in [5.41, 5.74) is 0.924. The Labute approximate surface area is 111 Å². The number of hydrogen-bond acceptors (Lipinski definition) is 3.